The number of carbonyl (C=O) groups is 1. The molecule has 1 heterocycles. The average Bonchev–Trinajstić information content (AvgIpc) is 2.88. The maximum Gasteiger partial charge on any atom is 0.262 e. The SMILES string of the molecule is N#C/C(=C/c1ccc2c(c1)OCO2)C(=O)NC1CCCCCC1. The second kappa shape index (κ2) is 7.19. The van der Waals surface area contributed by atoms with Crippen LogP contribution in [0.15, 0.2) is 23.8 Å². The molecule has 1 saturated carbocycles. The summed E-state index contributed by atoms with van der Waals surface area (Å²) in [6.07, 6.45) is 8.31. The molecule has 1 aromatic carbocycles. The lowest BCUT2D eigenvalue weighted by Gasteiger charge is -2.15. The molecule has 120 valence electrons. The van der Waals surface area contributed by atoms with Gasteiger partial charge in [0.25, 0.3) is 5.91 Å². The van der Waals surface area contributed by atoms with Gasteiger partial charge < -0.3 is 14.8 Å². The van der Waals surface area contributed by atoms with Gasteiger partial charge in [0.1, 0.15) is 11.6 Å². The topological polar surface area (TPSA) is 71.3 Å². The van der Waals surface area contributed by atoms with Crippen molar-refractivity contribution in [3.63, 3.8) is 0 Å². The highest BCUT2D eigenvalue weighted by Crippen LogP contribution is 2.33. The highest BCUT2D eigenvalue weighted by molar-refractivity contribution is 6.01. The average molecular weight is 312 g/mol. The molecule has 3 rings (SSSR count). The molecule has 1 fully saturated rings. The van der Waals surface area contributed by atoms with E-state index in [1.165, 1.54) is 12.8 Å². The Hall–Kier alpha value is -2.48. The van der Waals surface area contributed by atoms with Crippen LogP contribution in [0.1, 0.15) is 44.1 Å². The Morgan fingerprint density at radius 2 is 1.91 bits per heavy atom. The third-order valence-electron chi connectivity index (χ3n) is 4.26. The van der Waals surface area contributed by atoms with E-state index < -0.39 is 0 Å². The summed E-state index contributed by atoms with van der Waals surface area (Å²) in [7, 11) is 0. The summed E-state index contributed by atoms with van der Waals surface area (Å²) in [5, 5.41) is 12.3. The Kier molecular flexibility index (Phi) is 4.82. The number of fused-ring (bicyclic) bond motifs is 1. The van der Waals surface area contributed by atoms with Crippen molar-refractivity contribution in [1.82, 2.24) is 5.32 Å². The number of ether oxygens (including phenoxy) is 2. The molecule has 0 saturated heterocycles. The normalized spacial score (nSPS) is 18.1. The van der Waals surface area contributed by atoms with Crippen LogP contribution in [0, 0.1) is 11.3 Å². The van der Waals surface area contributed by atoms with Crippen LogP contribution >= 0.6 is 0 Å². The molecule has 0 aromatic heterocycles. The molecular formula is C18H20N2O3. The fourth-order valence-corrected chi connectivity index (χ4v) is 3.01. The van der Waals surface area contributed by atoms with E-state index in [2.05, 4.69) is 5.32 Å². The summed E-state index contributed by atoms with van der Waals surface area (Å²) in [4.78, 5) is 12.3. The predicted molar refractivity (Wildman–Crippen MR) is 85.8 cm³/mol. The number of hydrogen-bond donors (Lipinski definition) is 1. The molecule has 5 heteroatoms. The zero-order chi connectivity index (χ0) is 16.1. The third kappa shape index (κ3) is 3.84. The van der Waals surface area contributed by atoms with Crippen molar-refractivity contribution in [3.05, 3.63) is 29.3 Å². The number of nitrogens with zero attached hydrogens (tertiary/aromatic N) is 1. The van der Waals surface area contributed by atoms with Crippen LogP contribution in [0.25, 0.3) is 6.08 Å². The standard InChI is InChI=1S/C18H20N2O3/c19-11-14(18(21)20-15-5-3-1-2-4-6-15)9-13-7-8-16-17(10-13)23-12-22-16/h7-10,15H,1-6,12H2,(H,20,21)/b14-9-. The lowest BCUT2D eigenvalue weighted by Crippen LogP contribution is -2.35. The minimum Gasteiger partial charge on any atom is -0.454 e. The van der Waals surface area contributed by atoms with E-state index in [-0.39, 0.29) is 24.3 Å². The van der Waals surface area contributed by atoms with Gasteiger partial charge in [0.05, 0.1) is 0 Å². The van der Waals surface area contributed by atoms with Gasteiger partial charge in [-0.15, -0.1) is 0 Å². The minimum absolute atomic E-state index is 0.119. The maximum atomic E-state index is 12.3. The van der Waals surface area contributed by atoms with Crippen molar-refractivity contribution in [1.29, 1.82) is 5.26 Å². The zero-order valence-corrected chi connectivity index (χ0v) is 13.0. The fraction of sp³-hybridized carbons (Fsp3) is 0.444. The molecule has 1 aromatic rings. The summed E-state index contributed by atoms with van der Waals surface area (Å²) in [6, 6.07) is 7.55. The molecule has 0 unspecified atom stereocenters. The minimum atomic E-state index is -0.294. The molecule has 2 aliphatic rings. The molecule has 1 aliphatic carbocycles. The lowest BCUT2D eigenvalue weighted by atomic mass is 10.1. The Morgan fingerprint density at radius 3 is 2.65 bits per heavy atom. The van der Waals surface area contributed by atoms with Gasteiger partial charge in [-0.1, -0.05) is 31.7 Å². The highest BCUT2D eigenvalue weighted by Gasteiger charge is 2.18. The lowest BCUT2D eigenvalue weighted by molar-refractivity contribution is -0.117. The molecule has 0 radical (unpaired) electrons. The predicted octanol–water partition coefficient (Wildman–Crippen LogP) is 3.16. The van der Waals surface area contributed by atoms with Gasteiger partial charge in [-0.25, -0.2) is 0 Å². The Balaban J connectivity index is 1.70. The summed E-state index contributed by atoms with van der Waals surface area (Å²) in [6.45, 7) is 0.204. The molecule has 1 aliphatic heterocycles. The third-order valence-corrected chi connectivity index (χ3v) is 4.26. The van der Waals surface area contributed by atoms with E-state index in [4.69, 9.17) is 9.47 Å². The van der Waals surface area contributed by atoms with Crippen molar-refractivity contribution in [2.24, 2.45) is 0 Å². The van der Waals surface area contributed by atoms with Gasteiger partial charge in [0.2, 0.25) is 6.79 Å². The fourth-order valence-electron chi connectivity index (χ4n) is 3.01. The summed E-state index contributed by atoms with van der Waals surface area (Å²) < 4.78 is 10.6. The number of rotatable bonds is 3. The number of benzene rings is 1. The monoisotopic (exact) mass is 312 g/mol. The second-order valence-electron chi connectivity index (χ2n) is 5.94. The first-order valence-corrected chi connectivity index (χ1v) is 8.08. The maximum absolute atomic E-state index is 12.3. The number of nitrogens with one attached hydrogen (secondary N) is 1. The Bertz CT molecular complexity index is 653. The van der Waals surface area contributed by atoms with Crippen molar-refractivity contribution in [2.75, 3.05) is 6.79 Å². The number of amides is 1. The van der Waals surface area contributed by atoms with Crippen LogP contribution in [0.5, 0.6) is 11.5 Å². The first-order chi connectivity index (χ1) is 11.3. The van der Waals surface area contributed by atoms with Crippen LogP contribution in [-0.2, 0) is 4.79 Å². The van der Waals surface area contributed by atoms with Crippen molar-refractivity contribution in [3.8, 4) is 17.6 Å². The number of nitriles is 1. The first-order valence-electron chi connectivity index (χ1n) is 8.08. The van der Waals surface area contributed by atoms with E-state index in [9.17, 15) is 10.1 Å². The molecule has 1 amide bonds. The van der Waals surface area contributed by atoms with Crippen LogP contribution in [0.3, 0.4) is 0 Å². The van der Waals surface area contributed by atoms with Crippen LogP contribution in [-0.4, -0.2) is 18.7 Å². The quantitative estimate of drug-likeness (QED) is 0.529. The number of carbonyl (C=O) groups excluding carboxylic acids is 1. The Morgan fingerprint density at radius 1 is 1.17 bits per heavy atom. The highest BCUT2D eigenvalue weighted by atomic mass is 16.7. The van der Waals surface area contributed by atoms with Crippen molar-refractivity contribution < 1.29 is 14.3 Å². The molecule has 23 heavy (non-hydrogen) atoms. The molecular weight excluding hydrogens is 292 g/mol. The van der Waals surface area contributed by atoms with Gasteiger partial charge in [0, 0.05) is 6.04 Å². The van der Waals surface area contributed by atoms with E-state index in [1.54, 1.807) is 18.2 Å². The van der Waals surface area contributed by atoms with Crippen LogP contribution in [0.4, 0.5) is 0 Å². The summed E-state index contributed by atoms with van der Waals surface area (Å²) in [5.74, 6) is 1.03. The van der Waals surface area contributed by atoms with Crippen LogP contribution in [0.2, 0.25) is 0 Å². The molecule has 0 spiro atoms. The van der Waals surface area contributed by atoms with Gasteiger partial charge in [0.15, 0.2) is 11.5 Å². The smallest absolute Gasteiger partial charge is 0.262 e. The largest absolute Gasteiger partial charge is 0.454 e. The molecule has 0 bridgehead atoms. The van der Waals surface area contributed by atoms with Gasteiger partial charge >= 0.3 is 0 Å². The Labute approximate surface area is 135 Å². The summed E-state index contributed by atoms with van der Waals surface area (Å²) in [5.41, 5.74) is 0.870. The first kappa shape index (κ1) is 15.4. The summed E-state index contributed by atoms with van der Waals surface area (Å²) >= 11 is 0. The van der Waals surface area contributed by atoms with E-state index in [0.717, 1.165) is 31.2 Å². The van der Waals surface area contributed by atoms with E-state index >= 15 is 0 Å². The van der Waals surface area contributed by atoms with Crippen molar-refractivity contribution >= 4 is 12.0 Å². The van der Waals surface area contributed by atoms with Crippen LogP contribution < -0.4 is 14.8 Å². The van der Waals surface area contributed by atoms with E-state index in [1.807, 2.05) is 12.1 Å². The second-order valence-corrected chi connectivity index (χ2v) is 5.94. The molecule has 0 atom stereocenters. The van der Waals surface area contributed by atoms with Gasteiger partial charge in [-0.2, -0.15) is 5.26 Å². The molecule has 1 N–H and O–H groups in total. The van der Waals surface area contributed by atoms with Gasteiger partial charge in [-0.3, -0.25) is 4.79 Å². The molecule has 5 nitrogen and oxygen atoms in total. The van der Waals surface area contributed by atoms with Crippen molar-refractivity contribution in [2.45, 2.75) is 44.6 Å². The van der Waals surface area contributed by atoms with E-state index in [0.29, 0.717) is 11.5 Å². The number of hydrogen-bond acceptors (Lipinski definition) is 4. The zero-order valence-electron chi connectivity index (χ0n) is 13.0. The van der Waals surface area contributed by atoms with Gasteiger partial charge in [-0.05, 0) is 36.6 Å².